The van der Waals surface area contributed by atoms with Gasteiger partial charge in [0.2, 0.25) is 0 Å². The van der Waals surface area contributed by atoms with Crippen molar-refractivity contribution in [3.63, 3.8) is 0 Å². The number of nitrogens with zero attached hydrogens (tertiary/aromatic N) is 2. The normalized spacial score (nSPS) is 17.0. The van der Waals surface area contributed by atoms with Gasteiger partial charge in [-0.1, -0.05) is 0 Å². The van der Waals surface area contributed by atoms with Crippen LogP contribution in [-0.2, 0) is 6.42 Å². The van der Waals surface area contributed by atoms with Crippen molar-refractivity contribution >= 4 is 23.5 Å². The average molecular weight is 367 g/mol. The second-order valence-corrected chi connectivity index (χ2v) is 7.22. The third-order valence-electron chi connectivity index (χ3n) is 4.74. The quantitative estimate of drug-likeness (QED) is 0.704. The van der Waals surface area contributed by atoms with E-state index in [0.717, 1.165) is 24.2 Å². The van der Waals surface area contributed by atoms with Crippen molar-refractivity contribution in [3.8, 4) is 0 Å². The summed E-state index contributed by atoms with van der Waals surface area (Å²) in [4.78, 5) is 38.4. The first-order chi connectivity index (χ1) is 12.9. The zero-order valence-corrected chi connectivity index (χ0v) is 15.2. The molecule has 2 aromatic rings. The molecule has 0 saturated heterocycles. The minimum Gasteiger partial charge on any atom is -0.335 e. The maximum Gasteiger partial charge on any atom is 0.319 e. The molecule has 27 heavy (non-hydrogen) atoms. The van der Waals surface area contributed by atoms with Gasteiger partial charge in [0.25, 0.3) is 11.8 Å². The number of benzene rings is 1. The van der Waals surface area contributed by atoms with Crippen LogP contribution in [0.15, 0.2) is 24.3 Å². The Morgan fingerprint density at radius 2 is 2.00 bits per heavy atom. The van der Waals surface area contributed by atoms with Crippen LogP contribution in [0.2, 0.25) is 0 Å². The van der Waals surface area contributed by atoms with Gasteiger partial charge in [-0.05, 0) is 51.0 Å². The second kappa shape index (κ2) is 6.53. The molecule has 2 aliphatic rings. The highest BCUT2D eigenvalue weighted by molar-refractivity contribution is 6.22. The van der Waals surface area contributed by atoms with Crippen LogP contribution in [0, 0.1) is 6.92 Å². The third-order valence-corrected chi connectivity index (χ3v) is 4.74. The molecule has 3 N–H and O–H groups in total. The van der Waals surface area contributed by atoms with Gasteiger partial charge in [0.15, 0.2) is 0 Å². The highest BCUT2D eigenvalue weighted by Gasteiger charge is 2.44. The van der Waals surface area contributed by atoms with Crippen molar-refractivity contribution in [2.45, 2.75) is 45.2 Å². The lowest BCUT2D eigenvalue weighted by Gasteiger charge is -2.14. The number of carbonyl (C=O) groups excluding carboxylic acids is 3. The Kier molecular flexibility index (Phi) is 4.18. The van der Waals surface area contributed by atoms with Crippen molar-refractivity contribution in [2.75, 3.05) is 5.32 Å². The van der Waals surface area contributed by atoms with Gasteiger partial charge in [0, 0.05) is 29.9 Å². The number of aryl methyl sites for hydroxylation is 1. The summed E-state index contributed by atoms with van der Waals surface area (Å²) in [5.74, 6) is -0.514. The van der Waals surface area contributed by atoms with Gasteiger partial charge in [-0.3, -0.25) is 19.6 Å². The molecule has 8 nitrogen and oxygen atoms in total. The van der Waals surface area contributed by atoms with Crippen molar-refractivity contribution in [3.05, 3.63) is 46.8 Å². The number of rotatable bonds is 5. The molecule has 1 atom stereocenters. The monoisotopic (exact) mass is 367 g/mol. The summed E-state index contributed by atoms with van der Waals surface area (Å²) < 4.78 is 0. The number of carbonyl (C=O) groups is 3. The topological polar surface area (TPSA) is 107 Å². The number of anilines is 1. The van der Waals surface area contributed by atoms with Crippen LogP contribution in [0.5, 0.6) is 0 Å². The van der Waals surface area contributed by atoms with Gasteiger partial charge in [-0.25, -0.2) is 4.79 Å². The Labute approximate surface area is 156 Å². The van der Waals surface area contributed by atoms with Crippen LogP contribution in [0.1, 0.15) is 51.9 Å². The number of hydrogen-bond acceptors (Lipinski definition) is 4. The fraction of sp³-hybridized carbons (Fsp3) is 0.368. The molecular formula is C19H21N5O3. The molecule has 2 heterocycles. The smallest absolute Gasteiger partial charge is 0.319 e. The number of nitrogens with one attached hydrogen (secondary N) is 3. The van der Waals surface area contributed by atoms with Crippen LogP contribution in [0.25, 0.3) is 0 Å². The predicted octanol–water partition coefficient (Wildman–Crippen LogP) is 2.23. The lowest BCUT2D eigenvalue weighted by atomic mass is 10.1. The van der Waals surface area contributed by atoms with Gasteiger partial charge < -0.3 is 10.6 Å². The number of imide groups is 1. The largest absolute Gasteiger partial charge is 0.335 e. The fourth-order valence-electron chi connectivity index (χ4n) is 3.34. The zero-order chi connectivity index (χ0) is 19.1. The van der Waals surface area contributed by atoms with Gasteiger partial charge in [-0.2, -0.15) is 5.10 Å². The maximum absolute atomic E-state index is 12.5. The lowest BCUT2D eigenvalue weighted by molar-refractivity contribution is 0.0642. The molecule has 8 heteroatoms. The first-order valence-electron chi connectivity index (χ1n) is 9.02. The molecule has 1 aromatic carbocycles. The van der Waals surface area contributed by atoms with E-state index >= 15 is 0 Å². The SMILES string of the molecule is Cc1cc(C[C@H](C)NC(=O)Nc2ccc3c(c2)C(=O)N(C2CC2)C3=O)n[nH]1. The van der Waals surface area contributed by atoms with E-state index in [9.17, 15) is 14.4 Å². The first-order valence-corrected chi connectivity index (χ1v) is 9.02. The summed E-state index contributed by atoms with van der Waals surface area (Å²) in [5, 5.41) is 12.6. The number of hydrogen-bond donors (Lipinski definition) is 3. The van der Waals surface area contributed by atoms with Crippen LogP contribution in [0.4, 0.5) is 10.5 Å². The van der Waals surface area contributed by atoms with Crippen LogP contribution in [0.3, 0.4) is 0 Å². The minimum absolute atomic E-state index is 0.0311. The minimum atomic E-state index is -0.370. The molecule has 0 spiro atoms. The average Bonchev–Trinajstić information content (AvgIpc) is 3.31. The second-order valence-electron chi connectivity index (χ2n) is 7.22. The number of fused-ring (bicyclic) bond motifs is 1. The van der Waals surface area contributed by atoms with E-state index in [2.05, 4.69) is 20.8 Å². The number of amides is 4. The Hall–Kier alpha value is -3.16. The molecule has 1 aliphatic heterocycles. The molecular weight excluding hydrogens is 346 g/mol. The molecule has 1 aliphatic carbocycles. The molecule has 4 rings (SSSR count). The summed E-state index contributed by atoms with van der Waals surface area (Å²) in [7, 11) is 0. The van der Waals surface area contributed by atoms with Crippen molar-refractivity contribution in [1.82, 2.24) is 20.4 Å². The Bertz CT molecular complexity index is 931. The molecule has 0 unspecified atom stereocenters. The zero-order valence-electron chi connectivity index (χ0n) is 15.2. The van der Waals surface area contributed by atoms with Crippen LogP contribution < -0.4 is 10.6 Å². The Balaban J connectivity index is 1.39. The maximum atomic E-state index is 12.5. The molecule has 1 aromatic heterocycles. The summed E-state index contributed by atoms with van der Waals surface area (Å²) >= 11 is 0. The highest BCUT2D eigenvalue weighted by Crippen LogP contribution is 2.35. The summed E-state index contributed by atoms with van der Waals surface area (Å²) in [5.41, 5.74) is 3.08. The number of H-pyrrole nitrogens is 1. The standard InChI is InChI=1S/C19H21N5O3/c1-10(7-13-8-11(2)22-23-13)20-19(27)21-12-3-6-15-16(9-12)18(26)24(17(15)25)14-4-5-14/h3,6,8-10,14H,4-5,7H2,1-2H3,(H,22,23)(H2,20,21,27)/t10-/m0/s1. The highest BCUT2D eigenvalue weighted by atomic mass is 16.2. The van der Waals surface area contributed by atoms with Gasteiger partial charge in [-0.15, -0.1) is 0 Å². The van der Waals surface area contributed by atoms with E-state index in [0.29, 0.717) is 23.2 Å². The van der Waals surface area contributed by atoms with E-state index in [-0.39, 0.29) is 29.9 Å². The molecule has 1 saturated carbocycles. The predicted molar refractivity (Wildman–Crippen MR) is 98.6 cm³/mol. The first kappa shape index (κ1) is 17.3. The number of urea groups is 1. The van der Waals surface area contributed by atoms with Crippen LogP contribution in [-0.4, -0.2) is 45.0 Å². The summed E-state index contributed by atoms with van der Waals surface area (Å²) in [6.07, 6.45) is 2.34. The molecule has 0 radical (unpaired) electrons. The van der Waals surface area contributed by atoms with E-state index in [1.165, 1.54) is 4.90 Å². The van der Waals surface area contributed by atoms with E-state index < -0.39 is 0 Å². The Morgan fingerprint density at radius 3 is 2.67 bits per heavy atom. The van der Waals surface area contributed by atoms with Crippen LogP contribution >= 0.6 is 0 Å². The lowest BCUT2D eigenvalue weighted by Crippen LogP contribution is -2.37. The molecule has 1 fully saturated rings. The van der Waals surface area contributed by atoms with Gasteiger partial charge in [0.05, 0.1) is 16.8 Å². The summed E-state index contributed by atoms with van der Waals surface area (Å²) in [6, 6.07) is 6.29. The van der Waals surface area contributed by atoms with E-state index in [1.807, 2.05) is 19.9 Å². The molecule has 4 amide bonds. The van der Waals surface area contributed by atoms with E-state index in [1.54, 1.807) is 18.2 Å². The fourth-order valence-corrected chi connectivity index (χ4v) is 3.34. The third kappa shape index (κ3) is 3.42. The van der Waals surface area contributed by atoms with E-state index in [4.69, 9.17) is 0 Å². The van der Waals surface area contributed by atoms with Crippen molar-refractivity contribution < 1.29 is 14.4 Å². The van der Waals surface area contributed by atoms with Crippen molar-refractivity contribution in [1.29, 1.82) is 0 Å². The summed E-state index contributed by atoms with van der Waals surface area (Å²) in [6.45, 7) is 3.81. The number of aromatic amines is 1. The van der Waals surface area contributed by atoms with Gasteiger partial charge >= 0.3 is 6.03 Å². The number of aromatic nitrogens is 2. The Morgan fingerprint density at radius 1 is 1.26 bits per heavy atom. The molecule has 0 bridgehead atoms. The van der Waals surface area contributed by atoms with Crippen molar-refractivity contribution in [2.24, 2.45) is 0 Å². The molecule has 140 valence electrons. The van der Waals surface area contributed by atoms with Gasteiger partial charge in [0.1, 0.15) is 0 Å².